The first-order valence-electron chi connectivity index (χ1n) is 4.82. The molecule has 1 rings (SSSR count). The van der Waals surface area contributed by atoms with Crippen LogP contribution in [0.1, 0.15) is 34.6 Å². The van der Waals surface area contributed by atoms with Crippen molar-refractivity contribution in [1.82, 2.24) is 0 Å². The maximum atomic E-state index is 10.9. The van der Waals surface area contributed by atoms with Crippen LogP contribution in [0.3, 0.4) is 0 Å². The van der Waals surface area contributed by atoms with Gasteiger partial charge in [0.15, 0.2) is 6.29 Å². The van der Waals surface area contributed by atoms with Gasteiger partial charge in [0.2, 0.25) is 6.29 Å². The lowest BCUT2D eigenvalue weighted by molar-refractivity contribution is -0.338. The Morgan fingerprint density at radius 2 is 1.86 bits per heavy atom. The number of carbonyl (C=O) groups is 1. The molecule has 4 nitrogen and oxygen atoms in total. The third kappa shape index (κ3) is 2.25. The van der Waals surface area contributed by atoms with Crippen LogP contribution in [0.25, 0.3) is 0 Å². The maximum Gasteiger partial charge on any atom is 0.304 e. The second-order valence-electron chi connectivity index (χ2n) is 4.24. The number of esters is 1. The summed E-state index contributed by atoms with van der Waals surface area (Å²) in [5.74, 6) is -0.329. The van der Waals surface area contributed by atoms with Gasteiger partial charge in [0.25, 0.3) is 0 Å². The summed E-state index contributed by atoms with van der Waals surface area (Å²) in [4.78, 5) is 10.9. The summed E-state index contributed by atoms with van der Waals surface area (Å²) >= 11 is 0. The molecule has 1 aliphatic rings. The van der Waals surface area contributed by atoms with Gasteiger partial charge in [-0.15, -0.1) is 0 Å². The van der Waals surface area contributed by atoms with E-state index in [1.807, 2.05) is 20.8 Å². The summed E-state index contributed by atoms with van der Waals surface area (Å²) in [6.07, 6.45) is -0.864. The number of ether oxygens (including phenoxy) is 3. The third-order valence-electron chi connectivity index (χ3n) is 2.64. The molecule has 0 radical (unpaired) electrons. The molecule has 82 valence electrons. The van der Waals surface area contributed by atoms with Crippen molar-refractivity contribution < 1.29 is 19.0 Å². The van der Waals surface area contributed by atoms with Gasteiger partial charge in [-0.3, -0.25) is 4.79 Å². The van der Waals surface area contributed by atoms with Crippen molar-refractivity contribution in [1.29, 1.82) is 0 Å². The topological polar surface area (TPSA) is 44.8 Å². The van der Waals surface area contributed by atoms with Gasteiger partial charge < -0.3 is 14.2 Å². The number of hydrogen-bond donors (Lipinski definition) is 0. The lowest BCUT2D eigenvalue weighted by atomic mass is 9.85. The predicted octanol–water partition coefficient (Wildman–Crippen LogP) is 1.68. The van der Waals surface area contributed by atoms with E-state index in [1.165, 1.54) is 6.92 Å². The molecule has 0 bridgehead atoms. The van der Waals surface area contributed by atoms with Gasteiger partial charge in [0, 0.05) is 6.92 Å². The van der Waals surface area contributed by atoms with Crippen LogP contribution >= 0.6 is 0 Å². The van der Waals surface area contributed by atoms with Gasteiger partial charge in [-0.1, -0.05) is 13.8 Å². The lowest BCUT2D eigenvalue weighted by Gasteiger charge is -2.44. The van der Waals surface area contributed by atoms with E-state index in [4.69, 9.17) is 14.2 Å². The zero-order valence-corrected chi connectivity index (χ0v) is 9.37. The van der Waals surface area contributed by atoms with Crippen molar-refractivity contribution in [2.45, 2.75) is 53.3 Å². The summed E-state index contributed by atoms with van der Waals surface area (Å²) in [6, 6.07) is 0. The van der Waals surface area contributed by atoms with E-state index < -0.39 is 6.29 Å². The molecule has 1 fully saturated rings. The fourth-order valence-electron chi connectivity index (χ4n) is 1.37. The number of carbonyl (C=O) groups excluding carboxylic acids is 1. The van der Waals surface area contributed by atoms with Gasteiger partial charge >= 0.3 is 5.97 Å². The molecular formula is C10H18O4. The van der Waals surface area contributed by atoms with Crippen LogP contribution in [0, 0.1) is 5.41 Å². The van der Waals surface area contributed by atoms with E-state index in [9.17, 15) is 4.79 Å². The average Bonchev–Trinajstić information content (AvgIpc) is 1.99. The van der Waals surface area contributed by atoms with Crippen LogP contribution in [0.15, 0.2) is 0 Å². The zero-order valence-electron chi connectivity index (χ0n) is 9.37. The SMILES string of the molecule is CC(=O)OC1OC(C)OC(C)C1(C)C. The van der Waals surface area contributed by atoms with E-state index in [1.54, 1.807) is 6.92 Å². The maximum absolute atomic E-state index is 10.9. The van der Waals surface area contributed by atoms with E-state index in [2.05, 4.69) is 0 Å². The normalized spacial score (nSPS) is 36.5. The van der Waals surface area contributed by atoms with Gasteiger partial charge in [-0.05, 0) is 13.8 Å². The second-order valence-corrected chi connectivity index (χ2v) is 4.24. The fraction of sp³-hybridized carbons (Fsp3) is 0.900. The molecule has 1 heterocycles. The van der Waals surface area contributed by atoms with Crippen molar-refractivity contribution in [3.05, 3.63) is 0 Å². The van der Waals surface area contributed by atoms with Crippen LogP contribution in [-0.2, 0) is 19.0 Å². The highest BCUT2D eigenvalue weighted by Gasteiger charge is 2.44. The van der Waals surface area contributed by atoms with Crippen molar-refractivity contribution in [3.63, 3.8) is 0 Å². The Kier molecular flexibility index (Phi) is 3.17. The molecular weight excluding hydrogens is 184 g/mol. The van der Waals surface area contributed by atoms with Crippen molar-refractivity contribution >= 4 is 5.97 Å². The number of rotatable bonds is 1. The van der Waals surface area contributed by atoms with E-state index >= 15 is 0 Å². The second kappa shape index (κ2) is 3.87. The predicted molar refractivity (Wildman–Crippen MR) is 50.4 cm³/mol. The summed E-state index contributed by atoms with van der Waals surface area (Å²) in [7, 11) is 0. The molecule has 4 heteroatoms. The minimum atomic E-state index is -0.529. The van der Waals surface area contributed by atoms with Crippen LogP contribution < -0.4 is 0 Å². The van der Waals surface area contributed by atoms with Crippen LogP contribution in [0.4, 0.5) is 0 Å². The quantitative estimate of drug-likeness (QED) is 0.607. The largest absolute Gasteiger partial charge is 0.435 e. The van der Waals surface area contributed by atoms with E-state index in [0.717, 1.165) is 0 Å². The van der Waals surface area contributed by atoms with E-state index in [-0.39, 0.29) is 23.8 Å². The van der Waals surface area contributed by atoms with Gasteiger partial charge in [0.05, 0.1) is 11.5 Å². The Hall–Kier alpha value is -0.610. The summed E-state index contributed by atoms with van der Waals surface area (Å²) in [6.45, 7) is 9.04. The molecule has 0 aromatic rings. The monoisotopic (exact) mass is 202 g/mol. The van der Waals surface area contributed by atoms with E-state index in [0.29, 0.717) is 0 Å². The molecule has 14 heavy (non-hydrogen) atoms. The van der Waals surface area contributed by atoms with Gasteiger partial charge in [-0.2, -0.15) is 0 Å². The summed E-state index contributed by atoms with van der Waals surface area (Å²) < 4.78 is 16.0. The Bertz CT molecular complexity index is 224. The van der Waals surface area contributed by atoms with Crippen molar-refractivity contribution in [3.8, 4) is 0 Å². The first-order chi connectivity index (χ1) is 6.34. The molecule has 0 aromatic carbocycles. The third-order valence-corrected chi connectivity index (χ3v) is 2.64. The fourth-order valence-corrected chi connectivity index (χ4v) is 1.37. The smallest absolute Gasteiger partial charge is 0.304 e. The molecule has 0 aliphatic carbocycles. The Morgan fingerprint density at radius 3 is 2.36 bits per heavy atom. The molecule has 0 N–H and O–H groups in total. The Labute approximate surface area is 84.5 Å². The highest BCUT2D eigenvalue weighted by molar-refractivity contribution is 5.66. The zero-order chi connectivity index (χ0) is 10.9. The van der Waals surface area contributed by atoms with Crippen LogP contribution in [0.2, 0.25) is 0 Å². The van der Waals surface area contributed by atoms with Crippen LogP contribution in [-0.4, -0.2) is 24.7 Å². The average molecular weight is 202 g/mol. The molecule has 0 saturated carbocycles. The highest BCUT2D eigenvalue weighted by atomic mass is 16.8. The highest BCUT2D eigenvalue weighted by Crippen LogP contribution is 2.36. The lowest BCUT2D eigenvalue weighted by Crippen LogP contribution is -2.51. The summed E-state index contributed by atoms with van der Waals surface area (Å²) in [5, 5.41) is 0. The molecule has 0 aromatic heterocycles. The molecule has 1 aliphatic heterocycles. The van der Waals surface area contributed by atoms with Crippen molar-refractivity contribution in [2.75, 3.05) is 0 Å². The Morgan fingerprint density at radius 1 is 1.29 bits per heavy atom. The molecule has 1 saturated heterocycles. The molecule has 0 spiro atoms. The first kappa shape index (κ1) is 11.5. The number of hydrogen-bond acceptors (Lipinski definition) is 4. The minimum Gasteiger partial charge on any atom is -0.435 e. The van der Waals surface area contributed by atoms with Gasteiger partial charge in [-0.25, -0.2) is 0 Å². The minimum absolute atomic E-state index is 0.00407. The van der Waals surface area contributed by atoms with Crippen molar-refractivity contribution in [2.24, 2.45) is 5.41 Å². The Balaban J connectivity index is 2.74. The standard InChI is InChI=1S/C10H18O4/c1-6-10(4,5)9(13-7(2)11)14-8(3)12-6/h6,8-9H,1-5H3. The van der Waals surface area contributed by atoms with Gasteiger partial charge in [0.1, 0.15) is 0 Å². The summed E-state index contributed by atoms with van der Waals surface area (Å²) in [5.41, 5.74) is -0.321. The first-order valence-corrected chi connectivity index (χ1v) is 4.82. The van der Waals surface area contributed by atoms with Crippen LogP contribution in [0.5, 0.6) is 0 Å². The molecule has 3 unspecified atom stereocenters. The molecule has 0 amide bonds. The molecule has 3 atom stereocenters.